The van der Waals surface area contributed by atoms with E-state index in [1.807, 2.05) is 23.6 Å². The van der Waals surface area contributed by atoms with E-state index in [4.69, 9.17) is 12.2 Å². The third kappa shape index (κ3) is 4.14. The summed E-state index contributed by atoms with van der Waals surface area (Å²) in [5, 5.41) is 5.03. The fraction of sp³-hybridized carbons (Fsp3) is 0.111. The molecule has 0 atom stereocenters. The first-order chi connectivity index (χ1) is 13.5. The van der Waals surface area contributed by atoms with Gasteiger partial charge in [-0.15, -0.1) is 11.3 Å². The van der Waals surface area contributed by atoms with Gasteiger partial charge in [0.05, 0.1) is 15.1 Å². The molecule has 1 N–H and O–H groups in total. The van der Waals surface area contributed by atoms with Crippen LogP contribution in [0.4, 0.5) is 9.52 Å². The summed E-state index contributed by atoms with van der Waals surface area (Å²) in [6, 6.07) is 8.11. The molecule has 1 aliphatic heterocycles. The smallest absolute Gasteiger partial charge is 0.266 e. The van der Waals surface area contributed by atoms with E-state index >= 15 is 0 Å². The quantitative estimate of drug-likeness (QED) is 0.451. The van der Waals surface area contributed by atoms with Crippen molar-refractivity contribution in [3.05, 3.63) is 51.3 Å². The van der Waals surface area contributed by atoms with Crippen LogP contribution in [0.2, 0.25) is 0 Å². The fourth-order valence-electron chi connectivity index (χ4n) is 2.54. The second kappa shape index (κ2) is 8.08. The van der Waals surface area contributed by atoms with Gasteiger partial charge >= 0.3 is 0 Å². The Kier molecular flexibility index (Phi) is 5.54. The summed E-state index contributed by atoms with van der Waals surface area (Å²) in [5.41, 5.74) is 0.623. The number of carbonyl (C=O) groups is 2. The lowest BCUT2D eigenvalue weighted by molar-refractivity contribution is -0.122. The van der Waals surface area contributed by atoms with Crippen LogP contribution in [0.1, 0.15) is 11.3 Å². The first-order valence-electron chi connectivity index (χ1n) is 8.14. The van der Waals surface area contributed by atoms with Crippen LogP contribution < -0.4 is 5.32 Å². The minimum absolute atomic E-state index is 0.0863. The molecule has 0 saturated carbocycles. The Hall–Kier alpha value is -2.14. The highest BCUT2D eigenvalue weighted by Crippen LogP contribution is 2.33. The van der Waals surface area contributed by atoms with E-state index in [0.29, 0.717) is 24.6 Å². The number of amides is 2. The third-order valence-electron chi connectivity index (χ3n) is 3.85. The monoisotopic (exact) mass is 449 g/mol. The number of thiocarbonyl (C=S) groups is 1. The number of carbonyl (C=O) groups excluding carboxylic acids is 2. The largest absolute Gasteiger partial charge is 0.302 e. The normalized spacial score (nSPS) is 15.8. The van der Waals surface area contributed by atoms with Crippen molar-refractivity contribution < 1.29 is 14.0 Å². The van der Waals surface area contributed by atoms with Gasteiger partial charge in [0.1, 0.15) is 10.1 Å². The summed E-state index contributed by atoms with van der Waals surface area (Å²) in [4.78, 5) is 32.0. The molecule has 5 nitrogen and oxygen atoms in total. The van der Waals surface area contributed by atoms with Gasteiger partial charge in [0.15, 0.2) is 5.13 Å². The maximum absolute atomic E-state index is 13.3. The third-order valence-corrected chi connectivity index (χ3v) is 6.98. The number of thiophene rings is 1. The lowest BCUT2D eigenvalue weighted by atomic mass is 10.3. The molecule has 2 aromatic heterocycles. The SMILES string of the molecule is O=C(CCN1C(=O)/C(=C/c2cccs2)SC1=S)Nc1nc2ccc(F)cc2s1. The molecule has 0 radical (unpaired) electrons. The molecule has 1 saturated heterocycles. The van der Waals surface area contributed by atoms with Gasteiger partial charge < -0.3 is 5.32 Å². The molecular weight excluding hydrogens is 437 g/mol. The number of thiazole rings is 1. The van der Waals surface area contributed by atoms with E-state index in [9.17, 15) is 14.0 Å². The standard InChI is InChI=1S/C18H12FN3O2S4/c19-10-3-4-12-13(8-10)27-17(20-12)21-15(23)5-6-22-16(24)14(28-18(22)25)9-11-2-1-7-26-11/h1-4,7-9H,5-6H2,(H,20,21,23)/b14-9-. The van der Waals surface area contributed by atoms with E-state index in [1.165, 1.54) is 51.5 Å². The number of halogens is 1. The van der Waals surface area contributed by atoms with Gasteiger partial charge in [0.25, 0.3) is 5.91 Å². The molecule has 0 bridgehead atoms. The summed E-state index contributed by atoms with van der Waals surface area (Å²) >= 11 is 9.26. The highest BCUT2D eigenvalue weighted by molar-refractivity contribution is 8.26. The number of thioether (sulfide) groups is 1. The summed E-state index contributed by atoms with van der Waals surface area (Å²) in [6.45, 7) is 0.192. The van der Waals surface area contributed by atoms with Gasteiger partial charge in [-0.2, -0.15) is 0 Å². The molecule has 28 heavy (non-hydrogen) atoms. The summed E-state index contributed by atoms with van der Waals surface area (Å²) in [7, 11) is 0. The molecular formula is C18H12FN3O2S4. The summed E-state index contributed by atoms with van der Waals surface area (Å²) in [6.07, 6.45) is 1.90. The molecule has 1 aromatic carbocycles. The van der Waals surface area contributed by atoms with E-state index in [-0.39, 0.29) is 30.6 Å². The molecule has 3 aromatic rings. The van der Waals surface area contributed by atoms with Crippen LogP contribution >= 0.6 is 46.7 Å². The number of rotatable bonds is 5. The van der Waals surface area contributed by atoms with Crippen LogP contribution in [0.25, 0.3) is 16.3 Å². The van der Waals surface area contributed by atoms with Crippen molar-refractivity contribution >= 4 is 84.2 Å². The molecule has 3 heterocycles. The maximum Gasteiger partial charge on any atom is 0.266 e. The predicted octanol–water partition coefficient (Wildman–Crippen LogP) is 4.73. The first-order valence-corrected chi connectivity index (χ1v) is 11.1. The highest BCUT2D eigenvalue weighted by Gasteiger charge is 2.32. The number of anilines is 1. The van der Waals surface area contributed by atoms with Crippen molar-refractivity contribution in [3.63, 3.8) is 0 Å². The number of fused-ring (bicyclic) bond motifs is 1. The molecule has 2 amide bonds. The van der Waals surface area contributed by atoms with E-state index < -0.39 is 0 Å². The van der Waals surface area contributed by atoms with Crippen LogP contribution in [-0.4, -0.2) is 32.6 Å². The molecule has 142 valence electrons. The number of aromatic nitrogens is 1. The first kappa shape index (κ1) is 19.2. The average Bonchev–Trinajstić information content (AvgIpc) is 3.35. The van der Waals surface area contributed by atoms with E-state index in [1.54, 1.807) is 6.07 Å². The number of hydrogen-bond acceptors (Lipinski definition) is 7. The molecule has 10 heteroatoms. The Morgan fingerprint density at radius 2 is 2.21 bits per heavy atom. The Labute approximate surface area is 177 Å². The second-order valence-electron chi connectivity index (χ2n) is 5.78. The van der Waals surface area contributed by atoms with E-state index in [2.05, 4.69) is 10.3 Å². The van der Waals surface area contributed by atoms with Gasteiger partial charge in [-0.25, -0.2) is 9.37 Å². The lowest BCUT2D eigenvalue weighted by Crippen LogP contribution is -2.31. The highest BCUT2D eigenvalue weighted by atomic mass is 32.2. The van der Waals surface area contributed by atoms with Crippen LogP contribution in [0, 0.1) is 5.82 Å². The lowest BCUT2D eigenvalue weighted by Gasteiger charge is -2.13. The molecule has 0 aliphatic carbocycles. The van der Waals surface area contributed by atoms with E-state index in [0.717, 1.165) is 4.88 Å². The van der Waals surface area contributed by atoms with Gasteiger partial charge in [-0.05, 0) is 35.7 Å². The zero-order valence-electron chi connectivity index (χ0n) is 14.2. The Morgan fingerprint density at radius 3 is 3.00 bits per heavy atom. The summed E-state index contributed by atoms with van der Waals surface area (Å²) < 4.78 is 14.4. The minimum atomic E-state index is -0.348. The fourth-order valence-corrected chi connectivity index (χ4v) is 5.48. The van der Waals surface area contributed by atoms with Crippen molar-refractivity contribution in [1.29, 1.82) is 0 Å². The zero-order chi connectivity index (χ0) is 19.7. The van der Waals surface area contributed by atoms with Crippen molar-refractivity contribution in [1.82, 2.24) is 9.88 Å². The van der Waals surface area contributed by atoms with Crippen LogP contribution in [0.3, 0.4) is 0 Å². The molecule has 0 spiro atoms. The number of hydrogen-bond donors (Lipinski definition) is 1. The number of nitrogens with zero attached hydrogens (tertiary/aromatic N) is 2. The Morgan fingerprint density at radius 1 is 1.36 bits per heavy atom. The van der Waals surface area contributed by atoms with Crippen LogP contribution in [0.15, 0.2) is 40.6 Å². The topological polar surface area (TPSA) is 62.3 Å². The minimum Gasteiger partial charge on any atom is -0.302 e. The van der Waals surface area contributed by atoms with Gasteiger partial charge in [-0.1, -0.05) is 41.4 Å². The average molecular weight is 450 g/mol. The Bertz CT molecular complexity index is 1110. The predicted molar refractivity (Wildman–Crippen MR) is 117 cm³/mol. The van der Waals surface area contributed by atoms with Crippen LogP contribution in [-0.2, 0) is 9.59 Å². The molecule has 1 aliphatic rings. The number of benzene rings is 1. The summed E-state index contributed by atoms with van der Waals surface area (Å²) in [5.74, 6) is -0.818. The Balaban J connectivity index is 1.37. The van der Waals surface area contributed by atoms with Gasteiger partial charge in [0, 0.05) is 17.8 Å². The van der Waals surface area contributed by atoms with Crippen LogP contribution in [0.5, 0.6) is 0 Å². The van der Waals surface area contributed by atoms with Gasteiger partial charge in [-0.3, -0.25) is 14.5 Å². The number of nitrogens with one attached hydrogen (secondary N) is 1. The second-order valence-corrected chi connectivity index (χ2v) is 9.46. The maximum atomic E-state index is 13.3. The van der Waals surface area contributed by atoms with Gasteiger partial charge in [0.2, 0.25) is 5.91 Å². The molecule has 0 unspecified atom stereocenters. The van der Waals surface area contributed by atoms with Crippen molar-refractivity contribution in [3.8, 4) is 0 Å². The van der Waals surface area contributed by atoms with Crippen molar-refractivity contribution in [2.45, 2.75) is 6.42 Å². The zero-order valence-corrected chi connectivity index (χ0v) is 17.4. The molecule has 4 rings (SSSR count). The van der Waals surface area contributed by atoms with Crippen molar-refractivity contribution in [2.24, 2.45) is 0 Å². The van der Waals surface area contributed by atoms with Crippen molar-refractivity contribution in [2.75, 3.05) is 11.9 Å². The molecule has 1 fully saturated rings.